The van der Waals surface area contributed by atoms with Crippen molar-refractivity contribution in [3.05, 3.63) is 12.0 Å². The third-order valence-corrected chi connectivity index (χ3v) is 5.47. The number of nitrogens with two attached hydrogens (primary N) is 1. The summed E-state index contributed by atoms with van der Waals surface area (Å²) in [6.07, 6.45) is 3.14. The van der Waals surface area contributed by atoms with Crippen LogP contribution in [0.1, 0.15) is 67.0 Å². The van der Waals surface area contributed by atoms with Crippen LogP contribution in [0.25, 0.3) is 11.0 Å². The molecule has 32 heavy (non-hydrogen) atoms. The van der Waals surface area contributed by atoms with Crippen molar-refractivity contribution in [2.45, 2.75) is 92.5 Å². The molecule has 3 heterocycles. The molecule has 0 saturated carbocycles. The van der Waals surface area contributed by atoms with Gasteiger partial charge in [0.2, 0.25) is 0 Å². The van der Waals surface area contributed by atoms with Gasteiger partial charge in [0.05, 0.1) is 17.6 Å². The van der Waals surface area contributed by atoms with Gasteiger partial charge in [-0.05, 0) is 54.4 Å². The van der Waals surface area contributed by atoms with Gasteiger partial charge in [0.25, 0.3) is 0 Å². The number of piperidine rings is 1. The number of aromatic nitrogens is 4. The van der Waals surface area contributed by atoms with Gasteiger partial charge in [-0.3, -0.25) is 0 Å². The van der Waals surface area contributed by atoms with E-state index in [4.69, 9.17) is 10.5 Å². The Morgan fingerprint density at radius 2 is 1.84 bits per heavy atom. The molecule has 0 aromatic carbocycles. The molecule has 0 atom stereocenters. The summed E-state index contributed by atoms with van der Waals surface area (Å²) < 4.78 is 7.55. The van der Waals surface area contributed by atoms with Crippen LogP contribution in [0.2, 0.25) is 0 Å². The van der Waals surface area contributed by atoms with E-state index in [0.717, 1.165) is 55.7 Å². The van der Waals surface area contributed by atoms with Crippen molar-refractivity contribution in [1.82, 2.24) is 29.5 Å². The van der Waals surface area contributed by atoms with Crippen molar-refractivity contribution in [3.8, 4) is 0 Å². The summed E-state index contributed by atoms with van der Waals surface area (Å²) in [5, 5.41) is 5.43. The maximum atomic E-state index is 12.7. The topological polar surface area (TPSA) is 102 Å². The number of nitrogens with zero attached hydrogens (tertiary/aromatic N) is 6. The van der Waals surface area contributed by atoms with E-state index >= 15 is 0 Å². The molecule has 1 fully saturated rings. The van der Waals surface area contributed by atoms with Crippen LogP contribution in [0.3, 0.4) is 0 Å². The molecule has 1 amide bonds. The van der Waals surface area contributed by atoms with Crippen molar-refractivity contribution >= 4 is 22.9 Å². The number of likely N-dealkylation sites (tertiary alicyclic amines) is 1. The van der Waals surface area contributed by atoms with E-state index in [2.05, 4.69) is 33.8 Å². The molecule has 1 aliphatic heterocycles. The van der Waals surface area contributed by atoms with Gasteiger partial charge in [0.1, 0.15) is 17.7 Å². The highest BCUT2D eigenvalue weighted by atomic mass is 16.6. The molecule has 9 nitrogen and oxygen atoms in total. The van der Waals surface area contributed by atoms with Crippen LogP contribution < -0.4 is 5.73 Å². The summed E-state index contributed by atoms with van der Waals surface area (Å²) in [7, 11) is 0. The molecule has 0 unspecified atom stereocenters. The predicted octanol–water partition coefficient (Wildman–Crippen LogP) is 3.85. The molecule has 3 rings (SSSR count). The second kappa shape index (κ2) is 10.9. The van der Waals surface area contributed by atoms with E-state index < -0.39 is 5.60 Å². The number of anilines is 1. The Labute approximate surface area is 192 Å². The Morgan fingerprint density at radius 1 is 1.22 bits per heavy atom. The number of fused-ring (bicyclic) bond motifs is 1. The SMILES string of the molecule is CC.Cc1nn(CCN2CCC(N(C(=O)OC(C)(C)C)C(C)C)CC2)c2ncnc(N)c12. The zero-order chi connectivity index (χ0) is 24.1. The van der Waals surface area contributed by atoms with Crippen molar-refractivity contribution in [1.29, 1.82) is 0 Å². The molecule has 180 valence electrons. The summed E-state index contributed by atoms with van der Waals surface area (Å²) in [5.74, 6) is 0.473. The van der Waals surface area contributed by atoms with Crippen LogP contribution in [-0.2, 0) is 11.3 Å². The highest BCUT2D eigenvalue weighted by molar-refractivity contribution is 5.87. The highest BCUT2D eigenvalue weighted by Crippen LogP contribution is 2.23. The molecular weight excluding hydrogens is 406 g/mol. The van der Waals surface area contributed by atoms with E-state index in [0.29, 0.717) is 5.82 Å². The minimum Gasteiger partial charge on any atom is -0.444 e. The molecular formula is C23H41N7O2. The summed E-state index contributed by atoms with van der Waals surface area (Å²) in [6.45, 7) is 19.2. The number of hydrogen-bond acceptors (Lipinski definition) is 7. The van der Waals surface area contributed by atoms with Crippen molar-refractivity contribution in [2.24, 2.45) is 0 Å². The van der Waals surface area contributed by atoms with Crippen LogP contribution in [0.15, 0.2) is 6.33 Å². The predicted molar refractivity (Wildman–Crippen MR) is 128 cm³/mol. The number of ether oxygens (including phenoxy) is 1. The third-order valence-electron chi connectivity index (χ3n) is 5.47. The van der Waals surface area contributed by atoms with Crippen LogP contribution in [0.4, 0.5) is 10.6 Å². The van der Waals surface area contributed by atoms with Crippen LogP contribution >= 0.6 is 0 Å². The minimum atomic E-state index is -0.484. The van der Waals surface area contributed by atoms with Crippen LogP contribution in [-0.4, -0.2) is 73.0 Å². The van der Waals surface area contributed by atoms with Gasteiger partial charge in [0, 0.05) is 31.7 Å². The van der Waals surface area contributed by atoms with Crippen LogP contribution in [0.5, 0.6) is 0 Å². The van der Waals surface area contributed by atoms with Gasteiger partial charge in [0.15, 0.2) is 5.65 Å². The largest absolute Gasteiger partial charge is 0.444 e. The maximum absolute atomic E-state index is 12.7. The number of amides is 1. The van der Waals surface area contributed by atoms with Gasteiger partial charge >= 0.3 is 6.09 Å². The number of carbonyl (C=O) groups excluding carboxylic acids is 1. The molecule has 2 N–H and O–H groups in total. The summed E-state index contributed by atoms with van der Waals surface area (Å²) in [5.41, 5.74) is 7.14. The molecule has 0 aliphatic carbocycles. The van der Waals surface area contributed by atoms with Crippen molar-refractivity contribution in [3.63, 3.8) is 0 Å². The lowest BCUT2D eigenvalue weighted by atomic mass is 10.0. The Balaban J connectivity index is 0.00000176. The Hall–Kier alpha value is -2.42. The quantitative estimate of drug-likeness (QED) is 0.742. The van der Waals surface area contributed by atoms with E-state index in [1.54, 1.807) is 0 Å². The fourth-order valence-corrected chi connectivity index (χ4v) is 4.12. The number of carbonyl (C=O) groups is 1. The second-order valence-corrected chi connectivity index (χ2v) is 9.32. The number of aryl methyl sites for hydroxylation is 1. The summed E-state index contributed by atoms with van der Waals surface area (Å²) >= 11 is 0. The van der Waals surface area contributed by atoms with Gasteiger partial charge in [-0.15, -0.1) is 0 Å². The minimum absolute atomic E-state index is 0.111. The number of nitrogen functional groups attached to an aromatic ring is 1. The van der Waals surface area contributed by atoms with Gasteiger partial charge in [-0.2, -0.15) is 5.10 Å². The number of hydrogen-bond donors (Lipinski definition) is 1. The lowest BCUT2D eigenvalue weighted by Crippen LogP contribution is -2.51. The molecule has 0 bridgehead atoms. The molecule has 2 aromatic heterocycles. The first-order valence-electron chi connectivity index (χ1n) is 11.7. The first-order valence-corrected chi connectivity index (χ1v) is 11.7. The first kappa shape index (κ1) is 25.8. The van der Waals surface area contributed by atoms with Gasteiger partial charge in [-0.1, -0.05) is 13.8 Å². The van der Waals surface area contributed by atoms with Gasteiger partial charge in [-0.25, -0.2) is 19.4 Å². The molecule has 0 radical (unpaired) electrons. The third kappa shape index (κ3) is 6.31. The molecule has 1 saturated heterocycles. The highest BCUT2D eigenvalue weighted by Gasteiger charge is 2.32. The average Bonchev–Trinajstić information content (AvgIpc) is 3.04. The van der Waals surface area contributed by atoms with E-state index in [1.807, 2.05) is 51.1 Å². The normalized spacial score (nSPS) is 15.5. The molecule has 1 aliphatic rings. The molecule has 2 aromatic rings. The van der Waals surface area contributed by atoms with E-state index in [-0.39, 0.29) is 18.2 Å². The lowest BCUT2D eigenvalue weighted by molar-refractivity contribution is -0.000329. The zero-order valence-corrected chi connectivity index (χ0v) is 21.1. The van der Waals surface area contributed by atoms with Crippen molar-refractivity contribution in [2.75, 3.05) is 25.4 Å². The van der Waals surface area contributed by atoms with E-state index in [9.17, 15) is 4.79 Å². The number of rotatable bonds is 5. The smallest absolute Gasteiger partial charge is 0.410 e. The standard InChI is InChI=1S/C21H35N7O2.C2H6/c1-14(2)28(20(29)30-21(4,5)6)16-7-9-26(10-8-16)11-12-27-19-17(15(3)25-27)18(22)23-13-24-19;1-2/h13-14,16H,7-12H2,1-6H3,(H2,22,23,24);1-2H3. The Morgan fingerprint density at radius 3 is 2.41 bits per heavy atom. The first-order chi connectivity index (χ1) is 15.1. The molecule has 0 spiro atoms. The Kier molecular flexibility index (Phi) is 8.83. The zero-order valence-electron chi connectivity index (χ0n) is 21.1. The van der Waals surface area contributed by atoms with Crippen molar-refractivity contribution < 1.29 is 9.53 Å². The summed E-state index contributed by atoms with van der Waals surface area (Å²) in [6, 6.07) is 0.316. The second-order valence-electron chi connectivity index (χ2n) is 9.32. The maximum Gasteiger partial charge on any atom is 0.410 e. The Bertz CT molecular complexity index is 880. The lowest BCUT2D eigenvalue weighted by Gasteiger charge is -2.41. The summed E-state index contributed by atoms with van der Waals surface area (Å²) in [4.78, 5) is 25.5. The fourth-order valence-electron chi connectivity index (χ4n) is 4.12. The molecule has 9 heteroatoms. The monoisotopic (exact) mass is 447 g/mol. The average molecular weight is 448 g/mol. The van der Waals surface area contributed by atoms with Gasteiger partial charge < -0.3 is 20.3 Å². The van der Waals surface area contributed by atoms with Crippen LogP contribution in [0, 0.1) is 6.92 Å². The van der Waals surface area contributed by atoms with E-state index in [1.165, 1.54) is 6.33 Å². The fraction of sp³-hybridized carbons (Fsp3) is 0.739.